The second kappa shape index (κ2) is 10.5. The van der Waals surface area contributed by atoms with Crippen molar-refractivity contribution in [2.75, 3.05) is 32.7 Å². The van der Waals surface area contributed by atoms with Crippen LogP contribution in [0.25, 0.3) is 6.08 Å². The number of anilines is 1. The van der Waals surface area contributed by atoms with E-state index in [4.69, 9.17) is 14.2 Å². The van der Waals surface area contributed by atoms with E-state index in [2.05, 4.69) is 5.32 Å². The zero-order chi connectivity index (χ0) is 22.2. The highest BCUT2D eigenvalue weighted by Crippen LogP contribution is 2.28. The van der Waals surface area contributed by atoms with Gasteiger partial charge in [-0.05, 0) is 67.8 Å². The fourth-order valence-electron chi connectivity index (χ4n) is 3.53. The zero-order valence-electron chi connectivity index (χ0n) is 18.1. The molecule has 164 valence electrons. The van der Waals surface area contributed by atoms with Gasteiger partial charge in [-0.2, -0.15) is 0 Å². The molecule has 7 heteroatoms. The predicted octanol–water partition coefficient (Wildman–Crippen LogP) is 3.75. The normalized spacial score (nSPS) is 15.7. The molecule has 0 spiro atoms. The molecular formula is C24H28N2O5. The maximum atomic E-state index is 12.8. The molecule has 1 atom stereocenters. The van der Waals surface area contributed by atoms with Gasteiger partial charge in [0.25, 0.3) is 0 Å². The lowest BCUT2D eigenvalue weighted by Crippen LogP contribution is -2.42. The average molecular weight is 424 g/mol. The summed E-state index contributed by atoms with van der Waals surface area (Å²) in [4.78, 5) is 27.2. The molecule has 2 aromatic carbocycles. The third kappa shape index (κ3) is 5.57. The quantitative estimate of drug-likeness (QED) is 0.653. The third-order valence-electron chi connectivity index (χ3n) is 5.10. The Morgan fingerprint density at radius 3 is 2.55 bits per heavy atom. The van der Waals surface area contributed by atoms with E-state index >= 15 is 0 Å². The van der Waals surface area contributed by atoms with Crippen molar-refractivity contribution in [3.8, 4) is 17.2 Å². The van der Waals surface area contributed by atoms with Gasteiger partial charge in [-0.1, -0.05) is 6.07 Å². The Bertz CT molecular complexity index is 939. The summed E-state index contributed by atoms with van der Waals surface area (Å²) in [6.45, 7) is 2.97. The minimum atomic E-state index is -0.492. The van der Waals surface area contributed by atoms with Crippen LogP contribution in [-0.2, 0) is 9.59 Å². The van der Waals surface area contributed by atoms with Crippen LogP contribution in [0.3, 0.4) is 0 Å². The molecule has 1 heterocycles. The van der Waals surface area contributed by atoms with Crippen molar-refractivity contribution in [1.29, 1.82) is 0 Å². The number of carbonyl (C=O) groups excluding carboxylic acids is 2. The molecule has 0 bridgehead atoms. The van der Waals surface area contributed by atoms with Crippen LogP contribution in [0.4, 0.5) is 5.69 Å². The second-order valence-electron chi connectivity index (χ2n) is 7.08. The number of rotatable bonds is 8. The van der Waals surface area contributed by atoms with Crippen molar-refractivity contribution in [2.24, 2.45) is 0 Å². The SMILES string of the molecule is CCOc1cc(C=CC(=O)N2CCCC2C(=O)Nc2ccc(OC)cc2)ccc1OC. The summed E-state index contributed by atoms with van der Waals surface area (Å²) < 4.78 is 16.0. The third-order valence-corrected chi connectivity index (χ3v) is 5.10. The lowest BCUT2D eigenvalue weighted by atomic mass is 10.1. The van der Waals surface area contributed by atoms with Crippen molar-refractivity contribution >= 4 is 23.6 Å². The molecule has 1 saturated heterocycles. The fourth-order valence-corrected chi connectivity index (χ4v) is 3.53. The number of amides is 2. The maximum absolute atomic E-state index is 12.8. The highest BCUT2D eigenvalue weighted by Gasteiger charge is 2.33. The van der Waals surface area contributed by atoms with E-state index in [-0.39, 0.29) is 11.8 Å². The summed E-state index contributed by atoms with van der Waals surface area (Å²) in [5.41, 5.74) is 1.48. The van der Waals surface area contributed by atoms with Gasteiger partial charge in [0.1, 0.15) is 11.8 Å². The van der Waals surface area contributed by atoms with Crippen LogP contribution < -0.4 is 19.5 Å². The first-order chi connectivity index (χ1) is 15.0. The smallest absolute Gasteiger partial charge is 0.247 e. The van der Waals surface area contributed by atoms with E-state index < -0.39 is 6.04 Å². The molecule has 2 aromatic rings. The van der Waals surface area contributed by atoms with Gasteiger partial charge in [0.2, 0.25) is 11.8 Å². The van der Waals surface area contributed by atoms with Gasteiger partial charge in [-0.15, -0.1) is 0 Å². The van der Waals surface area contributed by atoms with Crippen LogP contribution in [0.15, 0.2) is 48.5 Å². The van der Waals surface area contributed by atoms with Gasteiger partial charge >= 0.3 is 0 Å². The molecule has 0 saturated carbocycles. The molecule has 1 aliphatic heterocycles. The molecule has 1 fully saturated rings. The Hall–Kier alpha value is -3.48. The lowest BCUT2D eigenvalue weighted by molar-refractivity contribution is -0.132. The van der Waals surface area contributed by atoms with Crippen molar-refractivity contribution in [1.82, 2.24) is 4.90 Å². The number of carbonyl (C=O) groups is 2. The Balaban J connectivity index is 1.66. The number of benzene rings is 2. The number of hydrogen-bond donors (Lipinski definition) is 1. The summed E-state index contributed by atoms with van der Waals surface area (Å²) >= 11 is 0. The van der Waals surface area contributed by atoms with Crippen LogP contribution in [0.2, 0.25) is 0 Å². The molecular weight excluding hydrogens is 396 g/mol. The van der Waals surface area contributed by atoms with Crippen molar-refractivity contribution in [3.05, 3.63) is 54.1 Å². The molecule has 1 N–H and O–H groups in total. The van der Waals surface area contributed by atoms with Gasteiger partial charge in [-0.25, -0.2) is 0 Å². The van der Waals surface area contributed by atoms with Crippen molar-refractivity contribution in [2.45, 2.75) is 25.8 Å². The molecule has 3 rings (SSSR count). The van der Waals surface area contributed by atoms with Gasteiger partial charge in [0, 0.05) is 18.3 Å². The Kier molecular flexibility index (Phi) is 7.54. The number of hydrogen-bond acceptors (Lipinski definition) is 5. The Labute approximate surface area is 182 Å². The van der Waals surface area contributed by atoms with Crippen molar-refractivity contribution < 1.29 is 23.8 Å². The minimum absolute atomic E-state index is 0.188. The van der Waals surface area contributed by atoms with Crippen LogP contribution in [0.5, 0.6) is 17.2 Å². The number of nitrogens with zero attached hydrogens (tertiary/aromatic N) is 1. The first kappa shape index (κ1) is 22.2. The molecule has 0 aromatic heterocycles. The summed E-state index contributed by atoms with van der Waals surface area (Å²) in [5.74, 6) is 1.60. The van der Waals surface area contributed by atoms with Gasteiger partial charge in [-0.3, -0.25) is 9.59 Å². The summed E-state index contributed by atoms with van der Waals surface area (Å²) in [7, 11) is 3.17. The van der Waals surface area contributed by atoms with Crippen LogP contribution in [0, 0.1) is 0 Å². The molecule has 1 unspecified atom stereocenters. The molecule has 7 nitrogen and oxygen atoms in total. The van der Waals surface area contributed by atoms with Crippen LogP contribution >= 0.6 is 0 Å². The van der Waals surface area contributed by atoms with Crippen LogP contribution in [0.1, 0.15) is 25.3 Å². The first-order valence-electron chi connectivity index (χ1n) is 10.3. The lowest BCUT2D eigenvalue weighted by Gasteiger charge is -2.22. The van der Waals surface area contributed by atoms with Crippen LogP contribution in [-0.4, -0.2) is 50.1 Å². The van der Waals surface area contributed by atoms with E-state index in [1.807, 2.05) is 19.1 Å². The van der Waals surface area contributed by atoms with Crippen molar-refractivity contribution in [3.63, 3.8) is 0 Å². The largest absolute Gasteiger partial charge is 0.497 e. The summed E-state index contributed by atoms with van der Waals surface area (Å²) in [6, 6.07) is 12.1. The zero-order valence-corrected chi connectivity index (χ0v) is 18.1. The molecule has 0 radical (unpaired) electrons. The molecule has 0 aliphatic carbocycles. The molecule has 1 aliphatic rings. The number of nitrogens with one attached hydrogen (secondary N) is 1. The van der Waals surface area contributed by atoms with E-state index in [9.17, 15) is 9.59 Å². The Morgan fingerprint density at radius 1 is 1.10 bits per heavy atom. The number of methoxy groups -OCH3 is 2. The van der Waals surface area contributed by atoms with E-state index in [1.54, 1.807) is 55.5 Å². The standard InChI is InChI=1S/C24H28N2O5/c1-4-31-22-16-17(7-13-21(22)30-3)8-14-23(27)26-15-5-6-20(26)24(28)25-18-9-11-19(29-2)12-10-18/h7-14,16,20H,4-6,15H2,1-3H3,(H,25,28). The Morgan fingerprint density at radius 2 is 1.87 bits per heavy atom. The number of ether oxygens (including phenoxy) is 3. The summed E-state index contributed by atoms with van der Waals surface area (Å²) in [5, 5.41) is 2.89. The van der Waals surface area contributed by atoms with Gasteiger partial charge in [0.15, 0.2) is 11.5 Å². The molecule has 31 heavy (non-hydrogen) atoms. The average Bonchev–Trinajstić information content (AvgIpc) is 3.29. The maximum Gasteiger partial charge on any atom is 0.247 e. The highest BCUT2D eigenvalue weighted by atomic mass is 16.5. The minimum Gasteiger partial charge on any atom is -0.497 e. The fraction of sp³-hybridized carbons (Fsp3) is 0.333. The number of likely N-dealkylation sites (tertiary alicyclic amines) is 1. The van der Waals surface area contributed by atoms with E-state index in [0.29, 0.717) is 42.5 Å². The predicted molar refractivity (Wildman–Crippen MR) is 120 cm³/mol. The van der Waals surface area contributed by atoms with E-state index in [1.165, 1.54) is 6.08 Å². The molecule has 2 amide bonds. The monoisotopic (exact) mass is 424 g/mol. The van der Waals surface area contributed by atoms with Gasteiger partial charge in [0.05, 0.1) is 20.8 Å². The first-order valence-corrected chi connectivity index (χ1v) is 10.3. The van der Waals surface area contributed by atoms with E-state index in [0.717, 1.165) is 12.0 Å². The summed E-state index contributed by atoms with van der Waals surface area (Å²) in [6.07, 6.45) is 4.65. The highest BCUT2D eigenvalue weighted by molar-refractivity contribution is 6.00. The van der Waals surface area contributed by atoms with Gasteiger partial charge < -0.3 is 24.4 Å². The topological polar surface area (TPSA) is 77.1 Å². The second-order valence-corrected chi connectivity index (χ2v) is 7.08.